The van der Waals surface area contributed by atoms with Crippen LogP contribution in [-0.4, -0.2) is 20.6 Å². The molecule has 0 spiro atoms. The van der Waals surface area contributed by atoms with Crippen molar-refractivity contribution < 1.29 is 17.6 Å². The average Bonchev–Trinajstić information content (AvgIpc) is 2.49. The molecule has 0 aliphatic rings. The molecule has 4 nitrogen and oxygen atoms in total. The van der Waals surface area contributed by atoms with Gasteiger partial charge in [0.1, 0.15) is 5.82 Å². The zero-order valence-electron chi connectivity index (χ0n) is 13.1. The Labute approximate surface area is 135 Å². The van der Waals surface area contributed by atoms with E-state index in [1.165, 1.54) is 18.2 Å². The number of carbonyl (C=O) groups is 1. The predicted octanol–water partition coefficient (Wildman–Crippen LogP) is 3.03. The third-order valence-corrected chi connectivity index (χ3v) is 4.72. The summed E-state index contributed by atoms with van der Waals surface area (Å²) in [6.45, 7) is 3.40. The first-order valence-corrected chi connectivity index (χ1v) is 8.94. The van der Waals surface area contributed by atoms with Crippen molar-refractivity contribution in [1.82, 2.24) is 5.32 Å². The lowest BCUT2D eigenvalue weighted by molar-refractivity contribution is 0.0939. The zero-order valence-corrected chi connectivity index (χ0v) is 13.9. The molecule has 1 unspecified atom stereocenters. The van der Waals surface area contributed by atoms with Gasteiger partial charge in [-0.1, -0.05) is 18.2 Å². The summed E-state index contributed by atoms with van der Waals surface area (Å²) in [5.74, 6) is -0.814. The highest BCUT2D eigenvalue weighted by Gasteiger charge is 2.14. The van der Waals surface area contributed by atoms with Gasteiger partial charge in [-0.15, -0.1) is 0 Å². The molecule has 122 valence electrons. The number of hydrogen-bond acceptors (Lipinski definition) is 3. The van der Waals surface area contributed by atoms with E-state index in [0.29, 0.717) is 5.56 Å². The number of benzene rings is 2. The molecule has 1 atom stereocenters. The first kappa shape index (κ1) is 17.1. The largest absolute Gasteiger partial charge is 0.346 e. The van der Waals surface area contributed by atoms with Gasteiger partial charge in [0.25, 0.3) is 5.91 Å². The average molecular weight is 335 g/mol. The van der Waals surface area contributed by atoms with E-state index in [4.69, 9.17) is 0 Å². The summed E-state index contributed by atoms with van der Waals surface area (Å²) in [6, 6.07) is 10.3. The van der Waals surface area contributed by atoms with Crippen molar-refractivity contribution in [3.05, 3.63) is 65.0 Å². The molecular weight excluding hydrogens is 317 g/mol. The Morgan fingerprint density at radius 1 is 1.13 bits per heavy atom. The standard InChI is InChI=1S/C17H18FNO3S/c1-11-4-5-14(10-16(11)18)17(20)19-12(2)13-6-8-15(9-7-13)23(3,21)22/h4-10,12H,1-3H3,(H,19,20). The van der Waals surface area contributed by atoms with Crippen molar-refractivity contribution in [3.63, 3.8) is 0 Å². The Morgan fingerprint density at radius 2 is 1.74 bits per heavy atom. The van der Waals surface area contributed by atoms with Crippen molar-refractivity contribution in [3.8, 4) is 0 Å². The van der Waals surface area contributed by atoms with Gasteiger partial charge in [0.05, 0.1) is 10.9 Å². The van der Waals surface area contributed by atoms with E-state index in [1.807, 2.05) is 0 Å². The summed E-state index contributed by atoms with van der Waals surface area (Å²) in [6.07, 6.45) is 1.14. The fourth-order valence-corrected chi connectivity index (χ4v) is 2.73. The van der Waals surface area contributed by atoms with Gasteiger partial charge < -0.3 is 5.32 Å². The first-order chi connectivity index (χ1) is 10.7. The number of nitrogens with one attached hydrogen (secondary N) is 1. The molecule has 2 aromatic rings. The molecule has 0 fully saturated rings. The minimum Gasteiger partial charge on any atom is -0.346 e. The van der Waals surface area contributed by atoms with Crippen LogP contribution in [0.1, 0.15) is 34.5 Å². The van der Waals surface area contributed by atoms with Gasteiger partial charge in [0, 0.05) is 11.8 Å². The summed E-state index contributed by atoms with van der Waals surface area (Å²) in [7, 11) is -3.25. The highest BCUT2D eigenvalue weighted by atomic mass is 32.2. The number of amides is 1. The van der Waals surface area contributed by atoms with Crippen LogP contribution in [0.5, 0.6) is 0 Å². The molecule has 0 bridgehead atoms. The van der Waals surface area contributed by atoms with E-state index in [1.54, 1.807) is 38.1 Å². The van der Waals surface area contributed by atoms with E-state index in [0.717, 1.165) is 11.8 Å². The van der Waals surface area contributed by atoms with E-state index in [9.17, 15) is 17.6 Å². The molecule has 23 heavy (non-hydrogen) atoms. The SMILES string of the molecule is Cc1ccc(C(=O)NC(C)c2ccc(S(C)(=O)=O)cc2)cc1F. The summed E-state index contributed by atoms with van der Waals surface area (Å²) in [5.41, 5.74) is 1.48. The van der Waals surface area contributed by atoms with E-state index in [-0.39, 0.29) is 22.4 Å². The van der Waals surface area contributed by atoms with Crippen LogP contribution in [0, 0.1) is 12.7 Å². The quantitative estimate of drug-likeness (QED) is 0.934. The van der Waals surface area contributed by atoms with Crippen LogP contribution in [0.15, 0.2) is 47.4 Å². The molecule has 0 aromatic heterocycles. The molecule has 0 aliphatic carbocycles. The van der Waals surface area contributed by atoms with Crippen molar-refractivity contribution in [2.45, 2.75) is 24.8 Å². The lowest BCUT2D eigenvalue weighted by atomic mass is 10.1. The van der Waals surface area contributed by atoms with Gasteiger partial charge in [0.15, 0.2) is 9.84 Å². The maximum atomic E-state index is 13.5. The molecule has 0 saturated heterocycles. The summed E-state index contributed by atoms with van der Waals surface area (Å²) in [5, 5.41) is 2.76. The molecular formula is C17H18FNO3S. The maximum absolute atomic E-state index is 13.5. The Hall–Kier alpha value is -2.21. The van der Waals surface area contributed by atoms with Crippen LogP contribution in [-0.2, 0) is 9.84 Å². The lowest BCUT2D eigenvalue weighted by Crippen LogP contribution is -2.26. The Morgan fingerprint density at radius 3 is 2.26 bits per heavy atom. The number of halogens is 1. The normalized spacial score (nSPS) is 12.7. The molecule has 2 aromatic carbocycles. The topological polar surface area (TPSA) is 63.2 Å². The fraction of sp³-hybridized carbons (Fsp3) is 0.235. The number of hydrogen-bond donors (Lipinski definition) is 1. The van der Waals surface area contributed by atoms with Crippen LogP contribution >= 0.6 is 0 Å². The summed E-state index contributed by atoms with van der Waals surface area (Å²) >= 11 is 0. The van der Waals surface area contributed by atoms with Gasteiger partial charge >= 0.3 is 0 Å². The predicted molar refractivity (Wildman–Crippen MR) is 86.6 cm³/mol. The van der Waals surface area contributed by atoms with Gasteiger partial charge in [0.2, 0.25) is 0 Å². The Bertz CT molecular complexity index is 829. The number of sulfone groups is 1. The minimum atomic E-state index is -3.25. The van der Waals surface area contributed by atoms with Crippen molar-refractivity contribution in [2.75, 3.05) is 6.26 Å². The van der Waals surface area contributed by atoms with Crippen LogP contribution in [0.3, 0.4) is 0 Å². The lowest BCUT2D eigenvalue weighted by Gasteiger charge is -2.15. The second-order valence-corrected chi connectivity index (χ2v) is 7.52. The van der Waals surface area contributed by atoms with Crippen molar-refractivity contribution in [1.29, 1.82) is 0 Å². The molecule has 0 aliphatic heterocycles. The zero-order chi connectivity index (χ0) is 17.2. The van der Waals surface area contributed by atoms with E-state index in [2.05, 4.69) is 5.32 Å². The summed E-state index contributed by atoms with van der Waals surface area (Å²) in [4.78, 5) is 12.4. The second kappa shape index (κ2) is 6.50. The highest BCUT2D eigenvalue weighted by Crippen LogP contribution is 2.17. The van der Waals surface area contributed by atoms with Gasteiger partial charge in [-0.25, -0.2) is 12.8 Å². The van der Waals surface area contributed by atoms with Crippen molar-refractivity contribution >= 4 is 15.7 Å². The van der Waals surface area contributed by atoms with Crippen LogP contribution < -0.4 is 5.32 Å². The molecule has 1 amide bonds. The summed E-state index contributed by atoms with van der Waals surface area (Å²) < 4.78 is 36.4. The number of aryl methyl sites for hydroxylation is 1. The highest BCUT2D eigenvalue weighted by molar-refractivity contribution is 7.90. The van der Waals surface area contributed by atoms with Crippen LogP contribution in [0.25, 0.3) is 0 Å². The number of rotatable bonds is 4. The second-order valence-electron chi connectivity index (χ2n) is 5.50. The Balaban J connectivity index is 2.13. The minimum absolute atomic E-state index is 0.223. The van der Waals surface area contributed by atoms with E-state index < -0.39 is 15.7 Å². The van der Waals surface area contributed by atoms with Gasteiger partial charge in [-0.2, -0.15) is 0 Å². The fourth-order valence-electron chi connectivity index (χ4n) is 2.10. The Kier molecular flexibility index (Phi) is 4.85. The van der Waals surface area contributed by atoms with Crippen LogP contribution in [0.2, 0.25) is 0 Å². The van der Waals surface area contributed by atoms with E-state index >= 15 is 0 Å². The molecule has 0 saturated carbocycles. The molecule has 1 N–H and O–H groups in total. The third-order valence-electron chi connectivity index (χ3n) is 3.59. The molecule has 0 radical (unpaired) electrons. The van der Waals surface area contributed by atoms with Crippen molar-refractivity contribution in [2.24, 2.45) is 0 Å². The molecule has 0 heterocycles. The van der Waals surface area contributed by atoms with Crippen LogP contribution in [0.4, 0.5) is 4.39 Å². The first-order valence-electron chi connectivity index (χ1n) is 7.05. The smallest absolute Gasteiger partial charge is 0.251 e. The van der Waals surface area contributed by atoms with Gasteiger partial charge in [-0.3, -0.25) is 4.79 Å². The monoisotopic (exact) mass is 335 g/mol. The third kappa shape index (κ3) is 4.16. The molecule has 2 rings (SSSR count). The maximum Gasteiger partial charge on any atom is 0.251 e. The number of carbonyl (C=O) groups excluding carboxylic acids is 1. The van der Waals surface area contributed by atoms with Gasteiger partial charge in [-0.05, 0) is 49.2 Å². The molecule has 6 heteroatoms.